The van der Waals surface area contributed by atoms with Gasteiger partial charge in [0.2, 0.25) is 5.91 Å². The predicted molar refractivity (Wildman–Crippen MR) is 109 cm³/mol. The summed E-state index contributed by atoms with van der Waals surface area (Å²) in [5.41, 5.74) is 0.972. The smallest absolute Gasteiger partial charge is 0.407 e. The van der Waals surface area contributed by atoms with Crippen LogP contribution in [0.3, 0.4) is 0 Å². The zero-order valence-corrected chi connectivity index (χ0v) is 17.7. The number of hydrogen-bond acceptors (Lipinski definition) is 2. The van der Waals surface area contributed by atoms with Crippen LogP contribution in [-0.4, -0.2) is 52.6 Å². The first-order chi connectivity index (χ1) is 12.6. The van der Waals surface area contributed by atoms with Crippen molar-refractivity contribution in [3.63, 3.8) is 0 Å². The van der Waals surface area contributed by atoms with Gasteiger partial charge >= 0.3 is 6.09 Å². The van der Waals surface area contributed by atoms with Gasteiger partial charge in [-0.25, -0.2) is 4.79 Å². The molecule has 27 heavy (non-hydrogen) atoms. The average molecular weight is 435 g/mol. The fraction of sp³-hybridized carbons (Fsp3) is 0.524. The summed E-state index contributed by atoms with van der Waals surface area (Å²) in [6.07, 6.45) is 4.30. The quantitative estimate of drug-likeness (QED) is 0.697. The summed E-state index contributed by atoms with van der Waals surface area (Å²) >= 11 is 3.41. The second-order valence-corrected chi connectivity index (χ2v) is 9.67. The molecule has 2 aliphatic rings. The lowest BCUT2D eigenvalue weighted by Gasteiger charge is -2.64. The summed E-state index contributed by atoms with van der Waals surface area (Å²) in [5, 5.41) is 9.21. The summed E-state index contributed by atoms with van der Waals surface area (Å²) in [6, 6.07) is 7.97. The number of rotatable bonds is 2. The first-order valence-electron chi connectivity index (χ1n) is 9.34. The predicted octanol–water partition coefficient (Wildman–Crippen LogP) is 4.48. The van der Waals surface area contributed by atoms with Crippen molar-refractivity contribution in [2.24, 2.45) is 10.8 Å². The van der Waals surface area contributed by atoms with Crippen molar-refractivity contribution in [1.82, 2.24) is 9.80 Å². The molecule has 1 unspecified atom stereocenters. The molecule has 5 nitrogen and oxygen atoms in total. The van der Waals surface area contributed by atoms with Crippen molar-refractivity contribution >= 4 is 34.0 Å². The molecule has 2 saturated heterocycles. The number of hydrogen-bond donors (Lipinski definition) is 1. The van der Waals surface area contributed by atoms with Crippen molar-refractivity contribution in [2.75, 3.05) is 19.6 Å². The fourth-order valence-corrected chi connectivity index (χ4v) is 5.00. The van der Waals surface area contributed by atoms with Gasteiger partial charge in [0.25, 0.3) is 0 Å². The molecule has 1 aromatic carbocycles. The van der Waals surface area contributed by atoms with E-state index in [1.54, 1.807) is 6.08 Å². The van der Waals surface area contributed by atoms with Crippen LogP contribution in [0, 0.1) is 10.8 Å². The Morgan fingerprint density at radius 3 is 2.30 bits per heavy atom. The second kappa shape index (κ2) is 7.30. The lowest BCUT2D eigenvalue weighted by molar-refractivity contribution is -0.172. The molecular weight excluding hydrogens is 408 g/mol. The van der Waals surface area contributed by atoms with E-state index in [0.29, 0.717) is 19.6 Å². The lowest BCUT2D eigenvalue weighted by atomic mass is 9.57. The van der Waals surface area contributed by atoms with E-state index in [1.807, 2.05) is 35.2 Å². The standard InChI is InChI=1S/C21H27BrN2O3/c1-20(2,3)18-21(10-12-23(13-11-21)19(26)27)14-24(18)17(25)9-6-15-4-7-16(22)8-5-15/h4-9,18H,10-14H2,1-3H3,(H,26,27). The number of carbonyl (C=O) groups excluding carboxylic acids is 1. The lowest BCUT2D eigenvalue weighted by Crippen LogP contribution is -2.72. The highest BCUT2D eigenvalue weighted by atomic mass is 79.9. The summed E-state index contributed by atoms with van der Waals surface area (Å²) in [4.78, 5) is 27.5. The monoisotopic (exact) mass is 434 g/mol. The summed E-state index contributed by atoms with van der Waals surface area (Å²) in [7, 11) is 0. The minimum Gasteiger partial charge on any atom is -0.465 e. The molecule has 1 aromatic rings. The number of benzene rings is 1. The number of piperidine rings is 1. The maximum absolute atomic E-state index is 12.8. The summed E-state index contributed by atoms with van der Waals surface area (Å²) < 4.78 is 1.01. The van der Waals surface area contributed by atoms with Crippen molar-refractivity contribution in [3.05, 3.63) is 40.4 Å². The Kier molecular flexibility index (Phi) is 5.39. The zero-order valence-electron chi connectivity index (χ0n) is 16.1. The molecule has 2 amide bonds. The molecule has 0 radical (unpaired) electrons. The second-order valence-electron chi connectivity index (χ2n) is 8.75. The Morgan fingerprint density at radius 2 is 1.78 bits per heavy atom. The first-order valence-corrected chi connectivity index (χ1v) is 10.1. The molecule has 0 aliphatic carbocycles. The molecule has 0 aromatic heterocycles. The first kappa shape index (κ1) is 19.9. The van der Waals surface area contributed by atoms with Crippen LogP contribution in [0.2, 0.25) is 0 Å². The highest BCUT2D eigenvalue weighted by Crippen LogP contribution is 2.52. The van der Waals surface area contributed by atoms with E-state index in [4.69, 9.17) is 0 Å². The van der Waals surface area contributed by atoms with Crippen LogP contribution >= 0.6 is 15.9 Å². The Morgan fingerprint density at radius 1 is 1.19 bits per heavy atom. The van der Waals surface area contributed by atoms with E-state index in [1.165, 1.54) is 4.90 Å². The fourth-order valence-electron chi connectivity index (χ4n) is 4.74. The number of amides is 2. The number of carbonyl (C=O) groups is 2. The molecule has 0 bridgehead atoms. The van der Waals surface area contributed by atoms with Crippen LogP contribution in [-0.2, 0) is 4.79 Å². The largest absolute Gasteiger partial charge is 0.465 e. The zero-order chi connectivity index (χ0) is 19.8. The molecular formula is C21H27BrN2O3. The van der Waals surface area contributed by atoms with Gasteiger partial charge in [0.15, 0.2) is 0 Å². The van der Waals surface area contributed by atoms with Gasteiger partial charge in [0.1, 0.15) is 0 Å². The molecule has 1 atom stereocenters. The van der Waals surface area contributed by atoms with Crippen molar-refractivity contribution in [3.8, 4) is 0 Å². The third-order valence-corrected chi connectivity index (χ3v) is 6.33. The van der Waals surface area contributed by atoms with Crippen molar-refractivity contribution < 1.29 is 14.7 Å². The van der Waals surface area contributed by atoms with Crippen molar-refractivity contribution in [1.29, 1.82) is 0 Å². The van der Waals surface area contributed by atoms with Crippen LogP contribution in [0.15, 0.2) is 34.8 Å². The van der Waals surface area contributed by atoms with Gasteiger partial charge in [-0.2, -0.15) is 0 Å². The molecule has 1 N–H and O–H groups in total. The minimum atomic E-state index is -0.846. The van der Waals surface area contributed by atoms with Gasteiger partial charge < -0.3 is 14.9 Å². The van der Waals surface area contributed by atoms with Gasteiger partial charge in [0, 0.05) is 41.6 Å². The number of nitrogens with zero attached hydrogens (tertiary/aromatic N) is 2. The highest BCUT2D eigenvalue weighted by molar-refractivity contribution is 9.10. The van der Waals surface area contributed by atoms with Gasteiger partial charge in [-0.1, -0.05) is 48.8 Å². The van der Waals surface area contributed by atoms with Crippen LogP contribution < -0.4 is 0 Å². The number of carboxylic acid groups (broad SMARTS) is 1. The number of halogens is 1. The van der Waals surface area contributed by atoms with E-state index >= 15 is 0 Å². The Labute approximate surface area is 169 Å². The SMILES string of the molecule is CC(C)(C)C1N(C(=O)C=Cc2ccc(Br)cc2)CC12CCN(C(=O)O)CC2. The van der Waals surface area contributed by atoms with Crippen LogP contribution in [0.5, 0.6) is 0 Å². The van der Waals surface area contributed by atoms with Gasteiger partial charge in [-0.15, -0.1) is 0 Å². The molecule has 146 valence electrons. The van der Waals surface area contributed by atoms with Crippen LogP contribution in [0.4, 0.5) is 4.79 Å². The maximum atomic E-state index is 12.8. The van der Waals surface area contributed by atoms with Crippen molar-refractivity contribution in [2.45, 2.75) is 39.7 Å². The third kappa shape index (κ3) is 4.05. The molecule has 6 heteroatoms. The van der Waals surface area contributed by atoms with Crippen LogP contribution in [0.25, 0.3) is 6.08 Å². The molecule has 1 spiro atoms. The average Bonchev–Trinajstić information content (AvgIpc) is 2.57. The highest BCUT2D eigenvalue weighted by Gasteiger charge is 2.58. The normalized spacial score (nSPS) is 22.1. The van der Waals surface area contributed by atoms with E-state index in [2.05, 4.69) is 36.7 Å². The van der Waals surface area contributed by atoms with Gasteiger partial charge in [-0.05, 0) is 42.0 Å². The molecule has 0 saturated carbocycles. The summed E-state index contributed by atoms with van der Waals surface area (Å²) in [5.74, 6) is 0.0316. The molecule has 2 aliphatic heterocycles. The Hall–Kier alpha value is -1.82. The molecule has 3 rings (SSSR count). The summed E-state index contributed by atoms with van der Waals surface area (Å²) in [6.45, 7) is 8.33. The van der Waals surface area contributed by atoms with E-state index in [-0.39, 0.29) is 22.8 Å². The topological polar surface area (TPSA) is 60.9 Å². The maximum Gasteiger partial charge on any atom is 0.407 e. The molecule has 2 fully saturated rings. The Balaban J connectivity index is 1.72. The van der Waals surface area contributed by atoms with E-state index in [0.717, 1.165) is 22.9 Å². The van der Waals surface area contributed by atoms with Crippen LogP contribution in [0.1, 0.15) is 39.2 Å². The van der Waals surface area contributed by atoms with Gasteiger partial charge in [-0.3, -0.25) is 4.79 Å². The molecule has 2 heterocycles. The third-order valence-electron chi connectivity index (χ3n) is 5.80. The minimum absolute atomic E-state index is 0.0316. The van der Waals surface area contributed by atoms with E-state index in [9.17, 15) is 14.7 Å². The Bertz CT molecular complexity index is 744. The van der Waals surface area contributed by atoms with Gasteiger partial charge in [0.05, 0.1) is 0 Å². The number of likely N-dealkylation sites (tertiary alicyclic amines) is 2. The van der Waals surface area contributed by atoms with E-state index < -0.39 is 6.09 Å².